The zero-order valence-electron chi connectivity index (χ0n) is 9.88. The molecule has 1 saturated heterocycles. The van der Waals surface area contributed by atoms with Gasteiger partial charge >= 0.3 is 6.18 Å². The van der Waals surface area contributed by atoms with Crippen molar-refractivity contribution in [1.82, 2.24) is 10.2 Å². The number of alkyl halides is 3. The van der Waals surface area contributed by atoms with Crippen LogP contribution < -0.4 is 0 Å². The van der Waals surface area contributed by atoms with Crippen molar-refractivity contribution in [3.63, 3.8) is 0 Å². The van der Waals surface area contributed by atoms with E-state index in [2.05, 4.69) is 9.68 Å². The Morgan fingerprint density at radius 3 is 2.70 bits per heavy atom. The van der Waals surface area contributed by atoms with Crippen LogP contribution in [0.3, 0.4) is 0 Å². The Hall–Kier alpha value is -1.62. The van der Waals surface area contributed by atoms with E-state index in [-0.39, 0.29) is 24.7 Å². The number of hydrogen-bond acceptors (Lipinski definition) is 6. The number of hydrogen-bond donors (Lipinski definition) is 0. The Balaban J connectivity index is 2.22. The molecule has 1 aliphatic heterocycles. The lowest BCUT2D eigenvalue weighted by atomic mass is 10.2. The molecule has 0 unspecified atom stereocenters. The van der Waals surface area contributed by atoms with Gasteiger partial charge in [-0.25, -0.2) is 13.5 Å². The van der Waals surface area contributed by atoms with Crippen molar-refractivity contribution < 1.29 is 35.7 Å². The third-order valence-corrected chi connectivity index (χ3v) is 4.14. The zero-order chi connectivity index (χ0) is 15.0. The molecule has 1 aromatic heterocycles. The van der Waals surface area contributed by atoms with E-state index >= 15 is 0 Å². The van der Waals surface area contributed by atoms with Crippen molar-refractivity contribution in [1.29, 1.82) is 0 Å². The molecule has 1 aromatic rings. The summed E-state index contributed by atoms with van der Waals surface area (Å²) in [5.74, 6) is -1.83. The van der Waals surface area contributed by atoms with Crippen LogP contribution in [0.5, 0.6) is 0 Å². The number of hydroxylamine groups is 2. The minimum Gasteiger partial charge on any atom is -0.363 e. The highest BCUT2D eigenvalue weighted by atomic mass is 32.2. The number of nitrogens with zero attached hydrogens (tertiary/aromatic N) is 2. The number of carbonyl (C=O) groups excluding carboxylic acids is 1. The second kappa shape index (κ2) is 5.05. The lowest BCUT2D eigenvalue weighted by Crippen LogP contribution is -2.33. The highest BCUT2D eigenvalue weighted by Gasteiger charge is 2.41. The molecule has 0 radical (unpaired) electrons. The Labute approximate surface area is 111 Å². The standard InChI is InChI=1S/C9H9F3N2O5S/c10-9(11,12)7-6(5-18-13-7)8(15)14-1-3-20(16,17)4-2-19-14/h5H,1-4H2. The van der Waals surface area contributed by atoms with Gasteiger partial charge in [0.15, 0.2) is 15.5 Å². The molecule has 2 heterocycles. The molecule has 112 valence electrons. The van der Waals surface area contributed by atoms with Gasteiger partial charge in [-0.1, -0.05) is 5.16 Å². The number of carbonyl (C=O) groups is 1. The summed E-state index contributed by atoms with van der Waals surface area (Å²) in [5, 5.41) is 3.31. The van der Waals surface area contributed by atoms with Crippen LogP contribution >= 0.6 is 0 Å². The number of amides is 1. The van der Waals surface area contributed by atoms with Gasteiger partial charge in [0.05, 0.1) is 24.7 Å². The molecule has 0 spiro atoms. The minimum atomic E-state index is -4.85. The van der Waals surface area contributed by atoms with Crippen molar-refractivity contribution in [3.8, 4) is 0 Å². The van der Waals surface area contributed by atoms with Gasteiger partial charge in [-0.05, 0) is 0 Å². The van der Waals surface area contributed by atoms with Crippen molar-refractivity contribution >= 4 is 15.7 Å². The van der Waals surface area contributed by atoms with Gasteiger partial charge in [0.1, 0.15) is 11.8 Å². The van der Waals surface area contributed by atoms with Crippen LogP contribution in [0.1, 0.15) is 16.1 Å². The molecule has 0 saturated carbocycles. The fourth-order valence-electron chi connectivity index (χ4n) is 1.55. The fourth-order valence-corrected chi connectivity index (χ4v) is 2.53. The second-order valence-electron chi connectivity index (χ2n) is 3.97. The quantitative estimate of drug-likeness (QED) is 0.749. The summed E-state index contributed by atoms with van der Waals surface area (Å²) in [6.07, 6.45) is -4.30. The first kappa shape index (κ1) is 14.8. The van der Waals surface area contributed by atoms with Gasteiger partial charge in [-0.2, -0.15) is 13.2 Å². The Kier molecular flexibility index (Phi) is 3.73. The topological polar surface area (TPSA) is 89.7 Å². The Morgan fingerprint density at radius 1 is 1.35 bits per heavy atom. The molecular weight excluding hydrogens is 305 g/mol. The predicted octanol–water partition coefficient (Wildman–Crippen LogP) is 0.496. The van der Waals surface area contributed by atoms with Crippen LogP contribution in [0.25, 0.3) is 0 Å². The molecule has 2 rings (SSSR count). The van der Waals surface area contributed by atoms with Crippen molar-refractivity contribution in [2.45, 2.75) is 6.18 Å². The van der Waals surface area contributed by atoms with E-state index in [9.17, 15) is 26.4 Å². The van der Waals surface area contributed by atoms with Crippen LogP contribution in [0.2, 0.25) is 0 Å². The molecular formula is C9H9F3N2O5S. The average Bonchev–Trinajstić information content (AvgIpc) is 2.74. The fraction of sp³-hybridized carbons (Fsp3) is 0.556. The summed E-state index contributed by atoms with van der Waals surface area (Å²) in [6.45, 7) is -0.662. The predicted molar refractivity (Wildman–Crippen MR) is 57.1 cm³/mol. The van der Waals surface area contributed by atoms with Gasteiger partial charge in [-0.3, -0.25) is 9.63 Å². The SMILES string of the molecule is O=C(c1conc1C(F)(F)F)N1CCS(=O)(=O)CCO1. The van der Waals surface area contributed by atoms with E-state index in [4.69, 9.17) is 4.84 Å². The van der Waals surface area contributed by atoms with Crippen LogP contribution in [0, 0.1) is 0 Å². The lowest BCUT2D eigenvalue weighted by Gasteiger charge is -2.18. The van der Waals surface area contributed by atoms with Gasteiger partial charge in [0.2, 0.25) is 0 Å². The van der Waals surface area contributed by atoms with Crippen LogP contribution in [-0.4, -0.2) is 49.2 Å². The van der Waals surface area contributed by atoms with E-state index in [0.717, 1.165) is 0 Å². The second-order valence-corrected chi connectivity index (χ2v) is 6.27. The summed E-state index contributed by atoms with van der Waals surface area (Å²) in [7, 11) is -3.37. The summed E-state index contributed by atoms with van der Waals surface area (Å²) in [4.78, 5) is 16.8. The number of halogens is 3. The van der Waals surface area contributed by atoms with Crippen LogP contribution in [0.15, 0.2) is 10.8 Å². The molecule has 0 aliphatic carbocycles. The van der Waals surface area contributed by atoms with Crippen molar-refractivity contribution in [2.75, 3.05) is 24.7 Å². The first-order valence-corrected chi connectivity index (χ1v) is 7.19. The van der Waals surface area contributed by atoms with E-state index in [0.29, 0.717) is 11.3 Å². The molecule has 1 amide bonds. The number of sulfone groups is 1. The monoisotopic (exact) mass is 314 g/mol. The van der Waals surface area contributed by atoms with E-state index in [1.165, 1.54) is 0 Å². The minimum absolute atomic E-state index is 0.299. The average molecular weight is 314 g/mol. The number of rotatable bonds is 1. The normalized spacial score (nSPS) is 19.6. The summed E-state index contributed by atoms with van der Waals surface area (Å²) in [6, 6.07) is 0. The summed E-state index contributed by atoms with van der Waals surface area (Å²) >= 11 is 0. The smallest absolute Gasteiger partial charge is 0.363 e. The van der Waals surface area contributed by atoms with Gasteiger partial charge in [-0.15, -0.1) is 0 Å². The van der Waals surface area contributed by atoms with Crippen molar-refractivity contribution in [2.24, 2.45) is 0 Å². The highest BCUT2D eigenvalue weighted by molar-refractivity contribution is 7.91. The van der Waals surface area contributed by atoms with Crippen molar-refractivity contribution in [3.05, 3.63) is 17.5 Å². The summed E-state index contributed by atoms with van der Waals surface area (Å²) < 4.78 is 64.6. The molecule has 0 aromatic carbocycles. The largest absolute Gasteiger partial charge is 0.437 e. The lowest BCUT2D eigenvalue weighted by molar-refractivity contribution is -0.144. The first-order valence-electron chi connectivity index (χ1n) is 5.37. The molecule has 0 atom stereocenters. The highest BCUT2D eigenvalue weighted by Crippen LogP contribution is 2.31. The molecule has 0 bridgehead atoms. The third kappa shape index (κ3) is 3.10. The Morgan fingerprint density at radius 2 is 2.05 bits per heavy atom. The van der Waals surface area contributed by atoms with Gasteiger partial charge in [0, 0.05) is 0 Å². The Bertz CT molecular complexity index is 609. The van der Waals surface area contributed by atoms with Crippen LogP contribution in [0.4, 0.5) is 13.2 Å². The molecule has 7 nitrogen and oxygen atoms in total. The maximum atomic E-state index is 12.6. The molecule has 0 N–H and O–H groups in total. The first-order chi connectivity index (χ1) is 9.21. The van der Waals surface area contributed by atoms with E-state index in [1.807, 2.05) is 0 Å². The maximum absolute atomic E-state index is 12.6. The van der Waals surface area contributed by atoms with Gasteiger partial charge < -0.3 is 4.52 Å². The van der Waals surface area contributed by atoms with Crippen LogP contribution in [-0.2, 0) is 20.9 Å². The molecule has 20 heavy (non-hydrogen) atoms. The summed E-state index contributed by atoms with van der Waals surface area (Å²) in [5.41, 5.74) is -2.30. The van der Waals surface area contributed by atoms with Gasteiger partial charge in [0.25, 0.3) is 5.91 Å². The maximum Gasteiger partial charge on any atom is 0.437 e. The van der Waals surface area contributed by atoms with E-state index < -0.39 is 33.2 Å². The van der Waals surface area contributed by atoms with E-state index in [1.54, 1.807) is 0 Å². The molecule has 1 fully saturated rings. The molecule has 11 heteroatoms. The third-order valence-electron chi connectivity index (χ3n) is 2.54. The zero-order valence-corrected chi connectivity index (χ0v) is 10.7. The number of aromatic nitrogens is 1. The molecule has 1 aliphatic rings.